The highest BCUT2D eigenvalue weighted by Gasteiger charge is 2.36. The average molecular weight is 471 g/mol. The standard InChI is InChI=1S/C25H30N2O5S/c28-25(27-14-3-6-18-5-1-2-7-22(18)27)19-8-10-20(11-9-19)26-33(29,30)21-12-13-23-24(17-21)32-16-4-15-31-23/h8-13,17-18,22,26H,1-7,14-16H2/t18-,22-/m1/s1. The van der Waals surface area contributed by atoms with Gasteiger partial charge < -0.3 is 14.4 Å². The Labute approximate surface area is 195 Å². The number of rotatable bonds is 4. The fourth-order valence-corrected chi connectivity index (χ4v) is 6.32. The van der Waals surface area contributed by atoms with E-state index in [4.69, 9.17) is 9.47 Å². The molecular formula is C25H30N2O5S. The summed E-state index contributed by atoms with van der Waals surface area (Å²) < 4.78 is 39.6. The molecule has 0 unspecified atom stereocenters. The largest absolute Gasteiger partial charge is 0.490 e. The number of carbonyl (C=O) groups excluding carboxylic acids is 1. The van der Waals surface area contributed by atoms with Crippen LogP contribution in [0.5, 0.6) is 11.5 Å². The van der Waals surface area contributed by atoms with Crippen LogP contribution in [0.3, 0.4) is 0 Å². The van der Waals surface area contributed by atoms with Gasteiger partial charge in [0.15, 0.2) is 11.5 Å². The van der Waals surface area contributed by atoms with Gasteiger partial charge in [-0.2, -0.15) is 0 Å². The molecule has 1 amide bonds. The molecule has 176 valence electrons. The zero-order valence-corrected chi connectivity index (χ0v) is 19.5. The number of hydrogen-bond acceptors (Lipinski definition) is 5. The molecule has 1 aliphatic carbocycles. The molecule has 2 fully saturated rings. The summed E-state index contributed by atoms with van der Waals surface area (Å²) >= 11 is 0. The normalized spacial score (nSPS) is 22.7. The molecule has 0 radical (unpaired) electrons. The number of ether oxygens (including phenoxy) is 2. The number of nitrogens with zero attached hydrogens (tertiary/aromatic N) is 1. The minimum absolute atomic E-state index is 0.0453. The van der Waals surface area contributed by atoms with Gasteiger partial charge in [0.25, 0.3) is 15.9 Å². The quantitative estimate of drug-likeness (QED) is 0.714. The van der Waals surface area contributed by atoms with E-state index in [9.17, 15) is 13.2 Å². The maximum Gasteiger partial charge on any atom is 0.262 e. The van der Waals surface area contributed by atoms with Crippen LogP contribution in [0.4, 0.5) is 5.69 Å². The topological polar surface area (TPSA) is 84.9 Å². The van der Waals surface area contributed by atoms with E-state index in [-0.39, 0.29) is 10.8 Å². The third kappa shape index (κ3) is 4.67. The van der Waals surface area contributed by atoms with Crippen LogP contribution in [-0.2, 0) is 10.0 Å². The first-order chi connectivity index (χ1) is 16.0. The summed E-state index contributed by atoms with van der Waals surface area (Å²) in [6.45, 7) is 1.83. The van der Waals surface area contributed by atoms with E-state index in [0.29, 0.717) is 47.9 Å². The fourth-order valence-electron chi connectivity index (χ4n) is 5.25. The fraction of sp³-hybridized carbons (Fsp3) is 0.480. The summed E-state index contributed by atoms with van der Waals surface area (Å²) in [5.41, 5.74) is 1.01. The Morgan fingerprint density at radius 2 is 1.61 bits per heavy atom. The zero-order valence-electron chi connectivity index (χ0n) is 18.7. The van der Waals surface area contributed by atoms with Crippen LogP contribution in [-0.4, -0.2) is 45.0 Å². The molecule has 3 aliphatic rings. The van der Waals surface area contributed by atoms with Gasteiger partial charge in [-0.05, 0) is 68.0 Å². The predicted molar refractivity (Wildman–Crippen MR) is 125 cm³/mol. The number of anilines is 1. The molecule has 2 heterocycles. The Balaban J connectivity index is 1.29. The van der Waals surface area contributed by atoms with Gasteiger partial charge in [-0.15, -0.1) is 0 Å². The zero-order chi connectivity index (χ0) is 22.8. The minimum Gasteiger partial charge on any atom is -0.490 e. The maximum atomic E-state index is 13.2. The number of piperidine rings is 1. The first-order valence-electron chi connectivity index (χ1n) is 11.8. The molecule has 0 aromatic heterocycles. The Hall–Kier alpha value is -2.74. The van der Waals surface area contributed by atoms with Gasteiger partial charge in [0.1, 0.15) is 0 Å². The summed E-state index contributed by atoms with van der Waals surface area (Å²) in [6.07, 6.45) is 7.78. The van der Waals surface area contributed by atoms with Crippen LogP contribution < -0.4 is 14.2 Å². The number of fused-ring (bicyclic) bond motifs is 2. The van der Waals surface area contributed by atoms with Gasteiger partial charge in [0, 0.05) is 36.3 Å². The highest BCUT2D eigenvalue weighted by Crippen LogP contribution is 2.36. The lowest BCUT2D eigenvalue weighted by atomic mass is 9.78. The number of sulfonamides is 1. The van der Waals surface area contributed by atoms with Crippen molar-refractivity contribution in [1.29, 1.82) is 0 Å². The van der Waals surface area contributed by atoms with Crippen molar-refractivity contribution in [2.24, 2.45) is 5.92 Å². The van der Waals surface area contributed by atoms with Crippen molar-refractivity contribution in [3.63, 3.8) is 0 Å². The van der Waals surface area contributed by atoms with E-state index >= 15 is 0 Å². The maximum absolute atomic E-state index is 13.2. The number of nitrogens with one attached hydrogen (secondary N) is 1. The third-order valence-electron chi connectivity index (χ3n) is 6.92. The molecule has 2 aromatic carbocycles. The molecule has 1 N–H and O–H groups in total. The van der Waals surface area contributed by atoms with E-state index < -0.39 is 10.0 Å². The van der Waals surface area contributed by atoms with Crippen molar-refractivity contribution in [2.45, 2.75) is 55.9 Å². The number of carbonyl (C=O) groups is 1. The van der Waals surface area contributed by atoms with Crippen LogP contribution in [0.25, 0.3) is 0 Å². The number of hydrogen-bond donors (Lipinski definition) is 1. The first-order valence-corrected chi connectivity index (χ1v) is 13.3. The Bertz CT molecular complexity index is 1110. The number of benzene rings is 2. The van der Waals surface area contributed by atoms with Gasteiger partial charge in [0.2, 0.25) is 0 Å². The molecule has 33 heavy (non-hydrogen) atoms. The first kappa shape index (κ1) is 22.1. The van der Waals surface area contributed by atoms with Gasteiger partial charge in [-0.3, -0.25) is 9.52 Å². The molecule has 8 heteroatoms. The van der Waals surface area contributed by atoms with Gasteiger partial charge in [-0.1, -0.05) is 12.8 Å². The average Bonchev–Trinajstić information content (AvgIpc) is 3.08. The molecule has 7 nitrogen and oxygen atoms in total. The minimum atomic E-state index is -3.81. The molecule has 0 bridgehead atoms. The second kappa shape index (κ2) is 9.25. The molecule has 1 saturated heterocycles. The lowest BCUT2D eigenvalue weighted by Gasteiger charge is -2.44. The van der Waals surface area contributed by atoms with Crippen LogP contribution in [0.15, 0.2) is 47.4 Å². The highest BCUT2D eigenvalue weighted by atomic mass is 32.2. The van der Waals surface area contributed by atoms with Crippen molar-refractivity contribution in [1.82, 2.24) is 4.90 Å². The Kier molecular flexibility index (Phi) is 6.19. The van der Waals surface area contributed by atoms with Crippen molar-refractivity contribution < 1.29 is 22.7 Å². The Morgan fingerprint density at radius 1 is 0.879 bits per heavy atom. The van der Waals surface area contributed by atoms with Gasteiger partial charge in [-0.25, -0.2) is 8.42 Å². The highest BCUT2D eigenvalue weighted by molar-refractivity contribution is 7.92. The van der Waals surface area contributed by atoms with Crippen LogP contribution in [0.2, 0.25) is 0 Å². The number of amides is 1. The molecule has 2 aromatic rings. The lowest BCUT2D eigenvalue weighted by Crippen LogP contribution is -2.49. The molecular weight excluding hydrogens is 440 g/mol. The summed E-state index contributed by atoms with van der Waals surface area (Å²) in [4.78, 5) is 15.3. The second-order valence-corrected chi connectivity index (χ2v) is 10.8. The van der Waals surface area contributed by atoms with Crippen molar-refractivity contribution in [2.75, 3.05) is 24.5 Å². The van der Waals surface area contributed by atoms with Crippen molar-refractivity contribution in [3.8, 4) is 11.5 Å². The summed E-state index contributed by atoms with van der Waals surface area (Å²) in [5, 5.41) is 0. The van der Waals surface area contributed by atoms with E-state index in [1.807, 2.05) is 4.90 Å². The van der Waals surface area contributed by atoms with Gasteiger partial charge in [0.05, 0.1) is 18.1 Å². The van der Waals surface area contributed by atoms with Crippen LogP contribution in [0.1, 0.15) is 55.3 Å². The van der Waals surface area contributed by atoms with E-state index in [1.54, 1.807) is 30.3 Å². The molecule has 0 spiro atoms. The van der Waals surface area contributed by atoms with Crippen LogP contribution >= 0.6 is 0 Å². The molecule has 5 rings (SSSR count). The second-order valence-electron chi connectivity index (χ2n) is 9.09. The smallest absolute Gasteiger partial charge is 0.262 e. The van der Waals surface area contributed by atoms with Gasteiger partial charge >= 0.3 is 0 Å². The predicted octanol–water partition coefficient (Wildman–Crippen LogP) is 4.44. The molecule has 2 atom stereocenters. The Morgan fingerprint density at radius 3 is 2.42 bits per heavy atom. The lowest BCUT2D eigenvalue weighted by molar-refractivity contribution is 0.0390. The third-order valence-corrected chi connectivity index (χ3v) is 8.30. The SMILES string of the molecule is O=C(c1ccc(NS(=O)(=O)c2ccc3c(c2)OCCCO3)cc1)N1CCC[C@H]2CCCC[C@H]21. The van der Waals surface area contributed by atoms with Crippen molar-refractivity contribution in [3.05, 3.63) is 48.0 Å². The van der Waals surface area contributed by atoms with E-state index in [1.165, 1.54) is 37.8 Å². The molecule has 2 aliphatic heterocycles. The van der Waals surface area contributed by atoms with Crippen molar-refractivity contribution >= 4 is 21.6 Å². The number of likely N-dealkylation sites (tertiary alicyclic amines) is 1. The monoisotopic (exact) mass is 470 g/mol. The molecule has 1 saturated carbocycles. The summed E-state index contributed by atoms with van der Waals surface area (Å²) in [7, 11) is -3.81. The van der Waals surface area contributed by atoms with Crippen LogP contribution in [0, 0.1) is 5.92 Å². The van der Waals surface area contributed by atoms with E-state index in [2.05, 4.69) is 4.72 Å². The van der Waals surface area contributed by atoms with E-state index in [0.717, 1.165) is 25.8 Å². The summed E-state index contributed by atoms with van der Waals surface area (Å²) in [6, 6.07) is 11.7. The summed E-state index contributed by atoms with van der Waals surface area (Å²) in [5.74, 6) is 1.65.